The van der Waals surface area contributed by atoms with E-state index in [2.05, 4.69) is 31.4 Å². The van der Waals surface area contributed by atoms with Crippen LogP contribution in [0.15, 0.2) is 93.4 Å². The molecule has 1 amide bonds. The summed E-state index contributed by atoms with van der Waals surface area (Å²) in [4.78, 5) is 17.4. The fourth-order valence-electron chi connectivity index (χ4n) is 6.18. The Hall–Kier alpha value is -4.84. The van der Waals surface area contributed by atoms with Gasteiger partial charge in [-0.15, -0.1) is 0 Å². The fraction of sp³-hybridized carbons (Fsp3) is 0.233. The lowest BCUT2D eigenvalue weighted by atomic mass is 9.96. The van der Waals surface area contributed by atoms with E-state index in [1.165, 1.54) is 17.7 Å². The molecule has 214 valence electrons. The first-order valence-corrected chi connectivity index (χ1v) is 15.1. The van der Waals surface area contributed by atoms with Crippen molar-refractivity contribution < 1.29 is 27.5 Å². The van der Waals surface area contributed by atoms with Crippen LogP contribution < -0.4 is 14.5 Å². The largest absolute Gasteiger partial charge is 0.454 e. The average Bonchev–Trinajstić information content (AvgIpc) is 3.55. The molecule has 5 aromatic rings. The number of anilines is 1. The molecule has 0 fully saturated rings. The van der Waals surface area contributed by atoms with E-state index in [0.717, 1.165) is 28.7 Å². The number of para-hydroxylation sites is 2. The first kappa shape index (κ1) is 26.1. The van der Waals surface area contributed by atoms with E-state index in [1.54, 1.807) is 18.2 Å². The van der Waals surface area contributed by atoms with Crippen molar-refractivity contribution >= 4 is 32.3 Å². The number of hydrogen-bond donors (Lipinski definition) is 0. The summed E-state index contributed by atoms with van der Waals surface area (Å²) in [6, 6.07) is 23.4. The van der Waals surface area contributed by atoms with E-state index in [-0.39, 0.29) is 34.4 Å². The molecular formula is C30H27N5O6S. The molecule has 2 aliphatic rings. The number of sulfone groups is 1. The number of hydrogen-bond acceptors (Lipinski definition) is 8. The van der Waals surface area contributed by atoms with Gasteiger partial charge in [0, 0.05) is 31.0 Å². The topological polar surface area (TPSA) is 125 Å². The van der Waals surface area contributed by atoms with Crippen LogP contribution in [0, 0.1) is 5.21 Å². The summed E-state index contributed by atoms with van der Waals surface area (Å²) in [5, 5.41) is 16.3. The number of benzene rings is 3. The summed E-state index contributed by atoms with van der Waals surface area (Å²) < 4.78 is 38.7. The monoisotopic (exact) mass is 585 g/mol. The Morgan fingerprint density at radius 1 is 1.05 bits per heavy atom. The highest BCUT2D eigenvalue weighted by Crippen LogP contribution is 2.44. The second kappa shape index (κ2) is 9.91. The molecule has 0 spiro atoms. The Morgan fingerprint density at radius 3 is 2.62 bits per heavy atom. The second-order valence-corrected chi connectivity index (χ2v) is 12.2. The third-order valence-corrected chi connectivity index (χ3v) is 9.75. The molecule has 0 bridgehead atoms. The highest BCUT2D eigenvalue weighted by molar-refractivity contribution is 7.91. The van der Waals surface area contributed by atoms with Gasteiger partial charge in [0.15, 0.2) is 0 Å². The summed E-state index contributed by atoms with van der Waals surface area (Å²) in [7, 11) is -2.19. The van der Waals surface area contributed by atoms with Crippen LogP contribution in [0.25, 0.3) is 10.9 Å². The fourth-order valence-corrected chi connectivity index (χ4v) is 7.48. The van der Waals surface area contributed by atoms with Crippen LogP contribution in [0.3, 0.4) is 0 Å². The molecule has 0 N–H and O–H groups in total. The number of ether oxygens (including phenoxy) is 1. The zero-order chi connectivity index (χ0) is 29.0. The van der Waals surface area contributed by atoms with E-state index in [9.17, 15) is 18.4 Å². The van der Waals surface area contributed by atoms with Crippen LogP contribution in [0.1, 0.15) is 34.2 Å². The highest BCUT2D eigenvalue weighted by atomic mass is 32.2. The van der Waals surface area contributed by atoms with Crippen molar-refractivity contribution in [2.75, 3.05) is 25.1 Å². The number of carbonyl (C=O) groups excluding carboxylic acids is 1. The van der Waals surface area contributed by atoms with Gasteiger partial charge in [-0.2, -0.15) is 0 Å². The smallest absolute Gasteiger partial charge is 0.414 e. The lowest BCUT2D eigenvalue weighted by molar-refractivity contribution is -0.832. The molecule has 12 heteroatoms. The van der Waals surface area contributed by atoms with E-state index >= 15 is 0 Å². The van der Waals surface area contributed by atoms with Crippen molar-refractivity contribution in [3.05, 3.63) is 101 Å². The van der Waals surface area contributed by atoms with Crippen molar-refractivity contribution in [1.29, 1.82) is 0 Å². The molecule has 3 aromatic carbocycles. The van der Waals surface area contributed by atoms with Crippen LogP contribution >= 0.6 is 0 Å². The second-order valence-electron chi connectivity index (χ2n) is 10.3. The van der Waals surface area contributed by atoms with Gasteiger partial charge in [0.05, 0.1) is 33.6 Å². The standard InChI is InChI=1S/C30H27N5O6S/c1-32-24-14-7-6-13-23(24)29(36)34-18-16-22-21-12-5-8-15-25(21)33(26(22)28(32)34)17-9-19-40-27-30(35(37)41-31-27)42(38,39)20-10-3-2-4-11-20/h2-8,10-15,28H,9,16-19H2,1H3. The number of carbonyl (C=O) groups is 1. The summed E-state index contributed by atoms with van der Waals surface area (Å²) in [6.45, 7) is 1.23. The number of amides is 1. The normalized spacial score (nSPS) is 16.3. The van der Waals surface area contributed by atoms with Gasteiger partial charge in [0.2, 0.25) is 0 Å². The Morgan fingerprint density at radius 2 is 1.79 bits per heavy atom. The van der Waals surface area contributed by atoms with Gasteiger partial charge >= 0.3 is 10.9 Å². The zero-order valence-corrected chi connectivity index (χ0v) is 23.5. The number of rotatable bonds is 7. The molecule has 0 aliphatic carbocycles. The molecule has 0 radical (unpaired) electrons. The van der Waals surface area contributed by atoms with Gasteiger partial charge in [-0.3, -0.25) is 9.42 Å². The maximum absolute atomic E-state index is 13.5. The summed E-state index contributed by atoms with van der Waals surface area (Å²) >= 11 is 0. The predicted molar refractivity (Wildman–Crippen MR) is 152 cm³/mol. The third-order valence-electron chi connectivity index (χ3n) is 8.02. The molecule has 2 aromatic heterocycles. The Kier molecular flexibility index (Phi) is 6.15. The minimum atomic E-state index is -4.21. The van der Waals surface area contributed by atoms with Crippen molar-refractivity contribution in [3.63, 3.8) is 0 Å². The lowest BCUT2D eigenvalue weighted by Gasteiger charge is -2.46. The Balaban J connectivity index is 1.18. The molecule has 2 aliphatic heterocycles. The Bertz CT molecular complexity index is 1930. The van der Waals surface area contributed by atoms with Crippen molar-refractivity contribution in [2.45, 2.75) is 35.5 Å². The number of fused-ring (bicyclic) bond motifs is 6. The maximum atomic E-state index is 13.5. The Labute approximate surface area is 241 Å². The van der Waals surface area contributed by atoms with E-state index in [0.29, 0.717) is 25.1 Å². The first-order valence-electron chi connectivity index (χ1n) is 13.6. The summed E-state index contributed by atoms with van der Waals surface area (Å²) in [5.74, 6) is -0.364. The van der Waals surface area contributed by atoms with E-state index in [1.807, 2.05) is 48.3 Å². The van der Waals surface area contributed by atoms with Gasteiger partial charge < -0.3 is 24.3 Å². The minimum Gasteiger partial charge on any atom is -0.454 e. The van der Waals surface area contributed by atoms with Crippen LogP contribution in [0.5, 0.6) is 5.88 Å². The third kappa shape index (κ3) is 3.93. The number of nitrogens with zero attached hydrogens (tertiary/aromatic N) is 5. The average molecular weight is 586 g/mol. The maximum Gasteiger partial charge on any atom is 0.414 e. The SMILES string of the molecule is CN1c2ccccc2C(=O)N2CCc3c(n(CCCOc4no[n+]([O-])c4S(=O)(=O)c4ccccc4)c4ccccc34)C21. The zero-order valence-electron chi connectivity index (χ0n) is 22.7. The number of aryl methyl sites for hydroxylation is 1. The summed E-state index contributed by atoms with van der Waals surface area (Å²) in [5.41, 5.74) is 4.90. The van der Waals surface area contributed by atoms with Gasteiger partial charge in [-0.05, 0) is 53.6 Å². The molecule has 4 heterocycles. The van der Waals surface area contributed by atoms with Crippen LogP contribution in [-0.2, 0) is 22.8 Å². The van der Waals surface area contributed by atoms with Crippen LogP contribution in [0.4, 0.5) is 5.69 Å². The molecule has 0 saturated heterocycles. The van der Waals surface area contributed by atoms with Gasteiger partial charge in [0.25, 0.3) is 15.7 Å². The van der Waals surface area contributed by atoms with Crippen molar-refractivity contribution in [3.8, 4) is 5.88 Å². The lowest BCUT2D eigenvalue weighted by Crippen LogP contribution is -2.51. The van der Waals surface area contributed by atoms with Gasteiger partial charge in [-0.1, -0.05) is 48.5 Å². The molecular weight excluding hydrogens is 558 g/mol. The molecule has 7 rings (SSSR count). The molecule has 11 nitrogen and oxygen atoms in total. The van der Waals surface area contributed by atoms with Gasteiger partial charge in [-0.25, -0.2) is 8.42 Å². The first-order chi connectivity index (χ1) is 20.4. The quantitative estimate of drug-likeness (QED) is 0.209. The highest BCUT2D eigenvalue weighted by Gasteiger charge is 2.42. The molecule has 1 atom stereocenters. The minimum absolute atomic E-state index is 0.0172. The predicted octanol–water partition coefficient (Wildman–Crippen LogP) is 3.71. The number of aromatic nitrogens is 3. The molecule has 1 unspecified atom stereocenters. The van der Waals surface area contributed by atoms with Crippen molar-refractivity contribution in [2.24, 2.45) is 0 Å². The van der Waals surface area contributed by atoms with Crippen molar-refractivity contribution in [1.82, 2.24) is 14.6 Å². The van der Waals surface area contributed by atoms with E-state index < -0.39 is 14.9 Å². The summed E-state index contributed by atoms with van der Waals surface area (Å²) in [6.07, 6.45) is 0.936. The molecule has 42 heavy (non-hydrogen) atoms. The van der Waals surface area contributed by atoms with Crippen LogP contribution in [-0.4, -0.2) is 49.1 Å². The molecule has 0 saturated carbocycles. The van der Waals surface area contributed by atoms with E-state index in [4.69, 9.17) is 4.74 Å². The van der Waals surface area contributed by atoms with Gasteiger partial charge in [0.1, 0.15) is 6.17 Å². The van der Waals surface area contributed by atoms with Crippen LogP contribution in [0.2, 0.25) is 0 Å².